The molecule has 0 aromatic carbocycles. The third-order valence-corrected chi connectivity index (χ3v) is 13.4. The van der Waals surface area contributed by atoms with Gasteiger partial charge in [0.15, 0.2) is 0 Å². The summed E-state index contributed by atoms with van der Waals surface area (Å²) in [6.45, 7) is 3.73. The van der Waals surface area contributed by atoms with E-state index in [1.54, 1.807) is 6.08 Å². The molecule has 0 aromatic rings. The highest BCUT2D eigenvalue weighted by molar-refractivity contribution is 7.47. The van der Waals surface area contributed by atoms with Crippen molar-refractivity contribution in [2.45, 2.75) is 274 Å². The third-order valence-electron chi connectivity index (χ3n) is 12.5. The van der Waals surface area contributed by atoms with E-state index < -0.39 is 75.2 Å². The summed E-state index contributed by atoms with van der Waals surface area (Å²) < 4.78 is 22.9. The lowest BCUT2D eigenvalue weighted by Gasteiger charge is -2.41. The molecule has 1 rings (SSSR count). The maximum absolute atomic E-state index is 13.0. The number of unbranched alkanes of at least 4 members (excludes halogenated alkanes) is 26. The van der Waals surface area contributed by atoms with Gasteiger partial charge in [0.05, 0.1) is 31.3 Å². The van der Waals surface area contributed by atoms with Crippen LogP contribution in [0.2, 0.25) is 0 Å². The van der Waals surface area contributed by atoms with Gasteiger partial charge in [-0.2, -0.15) is 0 Å². The van der Waals surface area contributed by atoms with E-state index in [4.69, 9.17) is 9.05 Å². The number of amides is 1. The fourth-order valence-electron chi connectivity index (χ4n) is 8.21. The first-order valence-electron chi connectivity index (χ1n) is 26.0. The Bertz CT molecular complexity index is 1250. The Morgan fingerprint density at radius 1 is 0.538 bits per heavy atom. The van der Waals surface area contributed by atoms with Crippen molar-refractivity contribution in [1.29, 1.82) is 0 Å². The molecule has 0 aliphatic heterocycles. The Morgan fingerprint density at radius 3 is 1.35 bits per heavy atom. The molecule has 1 fully saturated rings. The van der Waals surface area contributed by atoms with E-state index in [1.165, 1.54) is 141 Å². The highest BCUT2D eigenvalue weighted by atomic mass is 31.2. The van der Waals surface area contributed by atoms with Crippen LogP contribution in [-0.4, -0.2) is 108 Å². The van der Waals surface area contributed by atoms with Crippen LogP contribution < -0.4 is 5.32 Å². The largest absolute Gasteiger partial charge is 0.472 e. The summed E-state index contributed by atoms with van der Waals surface area (Å²) in [5.41, 5.74) is 0. The molecule has 14 heteroatoms. The van der Waals surface area contributed by atoms with Crippen molar-refractivity contribution in [3.63, 3.8) is 0 Å². The number of carbonyl (C=O) groups excluding carboxylic acids is 1. The van der Waals surface area contributed by atoms with Gasteiger partial charge in [-0.15, -0.1) is 0 Å². The van der Waals surface area contributed by atoms with Crippen LogP contribution in [0.5, 0.6) is 0 Å². The number of phosphoric acid groups is 1. The Hall–Kier alpha value is -1.48. The van der Waals surface area contributed by atoms with E-state index in [2.05, 4.69) is 43.5 Å². The average molecular weight is 946 g/mol. The molecule has 8 unspecified atom stereocenters. The quantitative estimate of drug-likeness (QED) is 0.0158. The van der Waals surface area contributed by atoms with E-state index in [9.17, 15) is 50.0 Å². The molecule has 13 nitrogen and oxygen atoms in total. The van der Waals surface area contributed by atoms with Crippen LogP contribution >= 0.6 is 7.82 Å². The molecule has 0 radical (unpaired) electrons. The minimum Gasteiger partial charge on any atom is -0.393 e. The van der Waals surface area contributed by atoms with Crippen molar-refractivity contribution in [3.8, 4) is 0 Å². The molecule has 65 heavy (non-hydrogen) atoms. The summed E-state index contributed by atoms with van der Waals surface area (Å²) in [5, 5.41) is 74.6. The van der Waals surface area contributed by atoms with Crippen molar-refractivity contribution < 1.29 is 59.0 Å². The zero-order valence-corrected chi connectivity index (χ0v) is 41.5. The zero-order valence-electron chi connectivity index (χ0n) is 40.7. The molecule has 1 aliphatic rings. The van der Waals surface area contributed by atoms with Gasteiger partial charge in [-0.3, -0.25) is 13.8 Å². The lowest BCUT2D eigenvalue weighted by molar-refractivity contribution is -0.220. The molecule has 0 bridgehead atoms. The van der Waals surface area contributed by atoms with Crippen LogP contribution in [0.3, 0.4) is 0 Å². The number of hydrogen-bond donors (Lipinski definition) is 9. The van der Waals surface area contributed by atoms with Gasteiger partial charge >= 0.3 is 7.82 Å². The lowest BCUT2D eigenvalue weighted by atomic mass is 9.85. The summed E-state index contributed by atoms with van der Waals surface area (Å²) in [4.78, 5) is 23.5. The van der Waals surface area contributed by atoms with Crippen molar-refractivity contribution in [1.82, 2.24) is 5.32 Å². The van der Waals surface area contributed by atoms with E-state index in [-0.39, 0.29) is 6.42 Å². The Labute approximate surface area is 394 Å². The van der Waals surface area contributed by atoms with Crippen molar-refractivity contribution in [2.75, 3.05) is 6.61 Å². The Balaban J connectivity index is 2.48. The number of carbonyl (C=O) groups is 1. The van der Waals surface area contributed by atoms with Crippen LogP contribution in [0.25, 0.3) is 0 Å². The van der Waals surface area contributed by atoms with E-state index in [0.717, 1.165) is 44.9 Å². The second kappa shape index (κ2) is 40.4. The van der Waals surface area contributed by atoms with Gasteiger partial charge in [0, 0.05) is 0 Å². The summed E-state index contributed by atoms with van der Waals surface area (Å²) in [6.07, 6.45) is 33.8. The first-order valence-corrected chi connectivity index (χ1v) is 27.5. The molecular formula is C51H96NO12P. The SMILES string of the molecule is CCCCCCC/C=C/CC/C=C/CC/C=C/C(O)C(COP(=O)(O)OC1C(O)C(O)C(O)C(O)C1O)NC(=O)CC(O)CCCCCCCCCCCCCCCCCCCCCC. The number of rotatable bonds is 43. The molecule has 0 aromatic heterocycles. The highest BCUT2D eigenvalue weighted by Crippen LogP contribution is 2.47. The minimum atomic E-state index is -5.15. The van der Waals surface area contributed by atoms with Crippen LogP contribution in [-0.2, 0) is 18.4 Å². The molecule has 8 atom stereocenters. The Morgan fingerprint density at radius 2 is 0.908 bits per heavy atom. The highest BCUT2D eigenvalue weighted by Gasteiger charge is 2.51. The number of aliphatic hydroxyl groups is 7. The summed E-state index contributed by atoms with van der Waals surface area (Å²) in [5.74, 6) is -0.604. The molecule has 1 amide bonds. The maximum Gasteiger partial charge on any atom is 0.472 e. The second-order valence-corrected chi connectivity index (χ2v) is 20.0. The van der Waals surface area contributed by atoms with Crippen molar-refractivity contribution in [2.24, 2.45) is 0 Å². The van der Waals surface area contributed by atoms with Gasteiger partial charge in [-0.05, 0) is 44.9 Å². The molecule has 0 spiro atoms. The van der Waals surface area contributed by atoms with Gasteiger partial charge in [0.2, 0.25) is 5.91 Å². The topological polar surface area (TPSA) is 226 Å². The van der Waals surface area contributed by atoms with Crippen LogP contribution in [0, 0.1) is 0 Å². The molecular weight excluding hydrogens is 850 g/mol. The number of nitrogens with one attached hydrogen (secondary N) is 1. The second-order valence-electron chi connectivity index (χ2n) is 18.5. The normalized spacial score (nSPS) is 22.8. The third kappa shape index (κ3) is 32.1. The lowest BCUT2D eigenvalue weighted by Crippen LogP contribution is -2.64. The number of phosphoric ester groups is 1. The molecule has 1 saturated carbocycles. The molecule has 0 saturated heterocycles. The molecule has 382 valence electrons. The average Bonchev–Trinajstić information content (AvgIpc) is 3.28. The van der Waals surface area contributed by atoms with E-state index in [1.807, 2.05) is 0 Å². The summed E-state index contributed by atoms with van der Waals surface area (Å²) in [6, 6.07) is -1.26. The predicted octanol–water partition coefficient (Wildman–Crippen LogP) is 9.70. The minimum absolute atomic E-state index is 0.253. The van der Waals surface area contributed by atoms with Gasteiger partial charge in [-0.25, -0.2) is 4.57 Å². The van der Waals surface area contributed by atoms with Crippen LogP contribution in [0.4, 0.5) is 0 Å². The Kier molecular flexibility index (Phi) is 38.3. The first-order chi connectivity index (χ1) is 31.3. The molecule has 9 N–H and O–H groups in total. The maximum atomic E-state index is 13.0. The predicted molar refractivity (Wildman–Crippen MR) is 261 cm³/mol. The standard InChI is InChI=1S/C51H96NO12P/c1-3-5-7-9-11-13-15-17-19-20-21-22-23-25-26-28-30-32-34-36-38-42(53)40-45(55)52-43(41-63-65(61,62)64-51-49(59)47(57)46(56)48(58)50(51)60)44(54)39-37-35-33-31-29-27-24-18-16-14-12-10-8-6-4-2/h16,18,29,31,37,39,42-44,46-51,53-54,56-60H,3-15,17,19-28,30,32-36,38,40-41H2,1-2H3,(H,52,55)(H,61,62)/b18-16+,31-29+,39-37+. The molecule has 1 aliphatic carbocycles. The van der Waals surface area contributed by atoms with Gasteiger partial charge < -0.3 is 46.0 Å². The zero-order chi connectivity index (χ0) is 48.0. The first kappa shape index (κ1) is 61.5. The molecule has 0 heterocycles. The summed E-state index contributed by atoms with van der Waals surface area (Å²) >= 11 is 0. The number of allylic oxidation sites excluding steroid dienone is 5. The van der Waals surface area contributed by atoms with Crippen LogP contribution in [0.15, 0.2) is 36.5 Å². The fourth-order valence-corrected chi connectivity index (χ4v) is 9.18. The smallest absolute Gasteiger partial charge is 0.393 e. The fraction of sp³-hybridized carbons (Fsp3) is 0.863. The van der Waals surface area contributed by atoms with Gasteiger partial charge in [0.25, 0.3) is 0 Å². The number of aliphatic hydroxyl groups excluding tert-OH is 7. The summed E-state index contributed by atoms with van der Waals surface area (Å²) in [7, 11) is -5.15. The van der Waals surface area contributed by atoms with Crippen molar-refractivity contribution in [3.05, 3.63) is 36.5 Å². The number of hydrogen-bond acceptors (Lipinski definition) is 11. The van der Waals surface area contributed by atoms with Crippen LogP contribution in [0.1, 0.15) is 219 Å². The van der Waals surface area contributed by atoms with Gasteiger partial charge in [-0.1, -0.05) is 204 Å². The monoisotopic (exact) mass is 946 g/mol. The van der Waals surface area contributed by atoms with Crippen molar-refractivity contribution >= 4 is 13.7 Å². The van der Waals surface area contributed by atoms with Gasteiger partial charge in [0.1, 0.15) is 36.6 Å². The van der Waals surface area contributed by atoms with E-state index >= 15 is 0 Å². The van der Waals surface area contributed by atoms with E-state index in [0.29, 0.717) is 19.3 Å².